The summed E-state index contributed by atoms with van der Waals surface area (Å²) in [5.74, 6) is 0.773. The van der Waals surface area contributed by atoms with Crippen LogP contribution in [0.4, 0.5) is 4.39 Å². The van der Waals surface area contributed by atoms with Crippen LogP contribution in [0.15, 0.2) is 48.5 Å². The fourth-order valence-corrected chi connectivity index (χ4v) is 4.28. The molecule has 2 aromatic heterocycles. The first-order valence-electron chi connectivity index (χ1n) is 9.24. The molecular formula is C22H20FN3O3S. The molecule has 0 saturated carbocycles. The Bertz CT molecular complexity index is 1210. The van der Waals surface area contributed by atoms with Gasteiger partial charge in [0, 0.05) is 11.9 Å². The van der Waals surface area contributed by atoms with Gasteiger partial charge in [-0.3, -0.25) is 4.79 Å². The zero-order valence-corrected chi connectivity index (χ0v) is 17.5. The molecule has 0 aliphatic rings. The molecule has 0 spiro atoms. The van der Waals surface area contributed by atoms with E-state index in [-0.39, 0.29) is 11.7 Å². The van der Waals surface area contributed by atoms with Gasteiger partial charge in [0.05, 0.1) is 30.5 Å². The van der Waals surface area contributed by atoms with Gasteiger partial charge in [-0.1, -0.05) is 6.07 Å². The summed E-state index contributed by atoms with van der Waals surface area (Å²) in [4.78, 5) is 14.2. The number of hydrogen-bond donors (Lipinski definition) is 1. The van der Waals surface area contributed by atoms with Gasteiger partial charge in [0.2, 0.25) is 0 Å². The molecule has 0 fully saturated rings. The molecule has 0 saturated heterocycles. The van der Waals surface area contributed by atoms with E-state index in [9.17, 15) is 9.18 Å². The minimum atomic E-state index is -0.305. The maximum Gasteiger partial charge on any atom is 0.261 e. The Morgan fingerprint density at radius 3 is 2.53 bits per heavy atom. The maximum absolute atomic E-state index is 13.3. The van der Waals surface area contributed by atoms with E-state index < -0.39 is 0 Å². The molecule has 2 aromatic carbocycles. The summed E-state index contributed by atoms with van der Waals surface area (Å²) >= 11 is 1.35. The minimum absolute atomic E-state index is 0.170. The van der Waals surface area contributed by atoms with Crippen LogP contribution >= 0.6 is 11.3 Å². The van der Waals surface area contributed by atoms with Gasteiger partial charge < -0.3 is 14.8 Å². The summed E-state index contributed by atoms with van der Waals surface area (Å²) in [6.45, 7) is 2.25. The van der Waals surface area contributed by atoms with Gasteiger partial charge in [-0.15, -0.1) is 11.3 Å². The summed E-state index contributed by atoms with van der Waals surface area (Å²) in [6.07, 6.45) is 0. The van der Waals surface area contributed by atoms with Gasteiger partial charge >= 0.3 is 0 Å². The van der Waals surface area contributed by atoms with Crippen molar-refractivity contribution in [3.8, 4) is 17.2 Å². The number of nitrogens with zero attached hydrogens (tertiary/aromatic N) is 2. The predicted octanol–water partition coefficient (Wildman–Crippen LogP) is 4.48. The van der Waals surface area contributed by atoms with Crippen molar-refractivity contribution in [1.29, 1.82) is 0 Å². The number of benzene rings is 2. The number of fused-ring (bicyclic) bond motifs is 1. The van der Waals surface area contributed by atoms with Crippen LogP contribution in [0.2, 0.25) is 0 Å². The van der Waals surface area contributed by atoms with Crippen molar-refractivity contribution in [2.45, 2.75) is 13.5 Å². The fourth-order valence-electron chi connectivity index (χ4n) is 3.18. The van der Waals surface area contributed by atoms with Crippen LogP contribution in [0.5, 0.6) is 11.5 Å². The average molecular weight is 425 g/mol. The van der Waals surface area contributed by atoms with Crippen molar-refractivity contribution in [2.75, 3.05) is 14.2 Å². The Labute approximate surface area is 176 Å². The van der Waals surface area contributed by atoms with E-state index >= 15 is 0 Å². The highest BCUT2D eigenvalue weighted by molar-refractivity contribution is 7.20. The quantitative estimate of drug-likeness (QED) is 0.495. The molecular weight excluding hydrogens is 405 g/mol. The Morgan fingerprint density at radius 2 is 1.83 bits per heavy atom. The lowest BCUT2D eigenvalue weighted by Gasteiger charge is -2.10. The van der Waals surface area contributed by atoms with E-state index in [1.807, 2.05) is 25.1 Å². The zero-order chi connectivity index (χ0) is 21.3. The molecule has 1 N–H and O–H groups in total. The van der Waals surface area contributed by atoms with Crippen LogP contribution in [0, 0.1) is 12.7 Å². The standard InChI is InChI=1S/C22H20FN3O3S/c1-13-17-11-20(30-22(17)26(25-13)16-7-5-15(23)6-8-16)21(27)24-12-14-4-9-18(28-2)19(10-14)29-3/h4-11H,12H2,1-3H3,(H,24,27). The first-order valence-corrected chi connectivity index (χ1v) is 10.1. The Hall–Kier alpha value is -3.39. The number of hydrogen-bond acceptors (Lipinski definition) is 5. The highest BCUT2D eigenvalue weighted by atomic mass is 32.1. The molecule has 8 heteroatoms. The molecule has 0 aliphatic heterocycles. The maximum atomic E-state index is 13.3. The monoisotopic (exact) mass is 425 g/mol. The van der Waals surface area contributed by atoms with E-state index in [2.05, 4.69) is 10.4 Å². The molecule has 6 nitrogen and oxygen atoms in total. The number of carbonyl (C=O) groups is 1. The van der Waals surface area contributed by atoms with Crippen molar-refractivity contribution < 1.29 is 18.7 Å². The van der Waals surface area contributed by atoms with E-state index in [0.29, 0.717) is 22.9 Å². The molecule has 30 heavy (non-hydrogen) atoms. The molecule has 0 atom stereocenters. The predicted molar refractivity (Wildman–Crippen MR) is 114 cm³/mol. The SMILES string of the molecule is COc1ccc(CNC(=O)c2cc3c(C)nn(-c4ccc(F)cc4)c3s2)cc1OC. The van der Waals surface area contributed by atoms with Gasteiger partial charge in [-0.2, -0.15) is 5.10 Å². The lowest BCUT2D eigenvalue weighted by molar-refractivity contribution is 0.0955. The first kappa shape index (κ1) is 19.9. The van der Waals surface area contributed by atoms with Crippen LogP contribution in [-0.4, -0.2) is 29.9 Å². The third-order valence-corrected chi connectivity index (χ3v) is 5.85. The Balaban J connectivity index is 1.55. The topological polar surface area (TPSA) is 65.4 Å². The van der Waals surface area contributed by atoms with Gasteiger partial charge in [-0.05, 0) is 55.0 Å². The lowest BCUT2D eigenvalue weighted by atomic mass is 10.2. The van der Waals surface area contributed by atoms with Gasteiger partial charge in [0.25, 0.3) is 5.91 Å². The van der Waals surface area contributed by atoms with Crippen LogP contribution < -0.4 is 14.8 Å². The lowest BCUT2D eigenvalue weighted by Crippen LogP contribution is -2.21. The van der Waals surface area contributed by atoms with Crippen molar-refractivity contribution in [1.82, 2.24) is 15.1 Å². The number of amides is 1. The van der Waals surface area contributed by atoms with Crippen LogP contribution in [0.1, 0.15) is 20.9 Å². The molecule has 154 valence electrons. The van der Waals surface area contributed by atoms with Gasteiger partial charge in [0.1, 0.15) is 10.6 Å². The number of ether oxygens (including phenoxy) is 2. The van der Waals surface area contributed by atoms with E-state index in [0.717, 1.165) is 27.2 Å². The third-order valence-electron chi connectivity index (χ3n) is 4.74. The highest BCUT2D eigenvalue weighted by Crippen LogP contribution is 2.31. The zero-order valence-electron chi connectivity index (χ0n) is 16.7. The summed E-state index contributed by atoms with van der Waals surface area (Å²) in [7, 11) is 3.15. The van der Waals surface area contributed by atoms with Crippen LogP contribution in [-0.2, 0) is 6.54 Å². The number of nitrogens with one attached hydrogen (secondary N) is 1. The number of carbonyl (C=O) groups excluding carboxylic acids is 1. The molecule has 0 unspecified atom stereocenters. The first-order chi connectivity index (χ1) is 14.5. The third kappa shape index (κ3) is 3.73. The summed E-state index contributed by atoms with van der Waals surface area (Å²) in [5.41, 5.74) is 2.45. The van der Waals surface area contributed by atoms with Crippen LogP contribution in [0.25, 0.3) is 15.9 Å². The van der Waals surface area contributed by atoms with E-state index in [1.165, 1.54) is 23.5 Å². The summed E-state index contributed by atoms with van der Waals surface area (Å²) in [5, 5.41) is 8.37. The molecule has 1 amide bonds. The van der Waals surface area contributed by atoms with Gasteiger partial charge in [-0.25, -0.2) is 9.07 Å². The normalized spacial score (nSPS) is 10.9. The van der Waals surface area contributed by atoms with Crippen molar-refractivity contribution >= 4 is 27.5 Å². The number of rotatable bonds is 6. The molecule has 0 radical (unpaired) electrons. The Kier molecular flexibility index (Phi) is 5.41. The largest absolute Gasteiger partial charge is 0.493 e. The number of aromatic nitrogens is 2. The van der Waals surface area contributed by atoms with Crippen molar-refractivity contribution in [3.63, 3.8) is 0 Å². The van der Waals surface area contributed by atoms with Crippen LogP contribution in [0.3, 0.4) is 0 Å². The van der Waals surface area contributed by atoms with E-state index in [4.69, 9.17) is 9.47 Å². The smallest absolute Gasteiger partial charge is 0.261 e. The number of aryl methyl sites for hydroxylation is 1. The second-order valence-electron chi connectivity index (χ2n) is 6.68. The molecule has 4 aromatic rings. The second kappa shape index (κ2) is 8.16. The Morgan fingerprint density at radius 1 is 1.10 bits per heavy atom. The number of halogens is 1. The molecule has 0 bridgehead atoms. The minimum Gasteiger partial charge on any atom is -0.493 e. The number of thiophene rings is 1. The second-order valence-corrected chi connectivity index (χ2v) is 7.71. The summed E-state index contributed by atoms with van der Waals surface area (Å²) < 4.78 is 25.5. The summed E-state index contributed by atoms with van der Waals surface area (Å²) in [6, 6.07) is 13.5. The molecule has 0 aliphatic carbocycles. The molecule has 4 rings (SSSR count). The average Bonchev–Trinajstić information content (AvgIpc) is 3.33. The van der Waals surface area contributed by atoms with E-state index in [1.54, 1.807) is 37.1 Å². The highest BCUT2D eigenvalue weighted by Gasteiger charge is 2.17. The molecule has 2 heterocycles. The van der Waals surface area contributed by atoms with Crippen molar-refractivity contribution in [2.24, 2.45) is 0 Å². The van der Waals surface area contributed by atoms with Gasteiger partial charge in [0.15, 0.2) is 11.5 Å². The fraction of sp³-hybridized carbons (Fsp3) is 0.182. The van der Waals surface area contributed by atoms with Crippen molar-refractivity contribution in [3.05, 3.63) is 70.5 Å². The number of methoxy groups -OCH3 is 2.